The number of amides is 1. The van der Waals surface area contributed by atoms with Gasteiger partial charge in [-0.2, -0.15) is 5.26 Å². The molecule has 7 heteroatoms. The van der Waals surface area contributed by atoms with Gasteiger partial charge in [-0.25, -0.2) is 0 Å². The Labute approximate surface area is 165 Å². The summed E-state index contributed by atoms with van der Waals surface area (Å²) in [6.07, 6.45) is 7.34. The van der Waals surface area contributed by atoms with Gasteiger partial charge < -0.3 is 20.7 Å². The summed E-state index contributed by atoms with van der Waals surface area (Å²) in [5.74, 6) is 1.17. The molecule has 0 radical (unpaired) electrons. The Balaban J connectivity index is 1.39. The first-order valence-electron chi connectivity index (χ1n) is 10.7. The summed E-state index contributed by atoms with van der Waals surface area (Å²) in [4.78, 5) is 27.5. The lowest BCUT2D eigenvalue weighted by atomic mass is 9.46. The van der Waals surface area contributed by atoms with Crippen LogP contribution in [0, 0.1) is 34.5 Å². The maximum Gasteiger partial charge on any atom is 0.320 e. The summed E-state index contributed by atoms with van der Waals surface area (Å²) < 4.78 is 6.01. The minimum atomic E-state index is -0.601. The van der Waals surface area contributed by atoms with Gasteiger partial charge in [-0.15, -0.1) is 0 Å². The minimum absolute atomic E-state index is 0.0461. The molecule has 152 valence electrons. The van der Waals surface area contributed by atoms with Gasteiger partial charge in [0.1, 0.15) is 11.6 Å². The molecule has 6 atom stereocenters. The molecule has 1 amide bonds. The predicted octanol–water partition coefficient (Wildman–Crippen LogP) is 0.928. The third kappa shape index (κ3) is 2.68. The molecule has 2 unspecified atom stereocenters. The Hall–Kier alpha value is -1.65. The maximum atomic E-state index is 13.4. The van der Waals surface area contributed by atoms with Gasteiger partial charge in [0, 0.05) is 6.04 Å². The van der Waals surface area contributed by atoms with Crippen molar-refractivity contribution in [1.29, 1.82) is 5.26 Å². The first-order chi connectivity index (χ1) is 13.4. The molecule has 6 rings (SSSR count). The zero-order chi connectivity index (χ0) is 19.7. The lowest BCUT2D eigenvalue weighted by Gasteiger charge is -2.62. The molecule has 28 heavy (non-hydrogen) atoms. The fourth-order valence-electron chi connectivity index (χ4n) is 7.46. The number of ether oxygens (including phenoxy) is 1. The molecule has 6 aliphatic rings. The van der Waals surface area contributed by atoms with Crippen LogP contribution in [0.5, 0.6) is 0 Å². The maximum absolute atomic E-state index is 13.4. The quantitative estimate of drug-likeness (QED) is 0.681. The van der Waals surface area contributed by atoms with Crippen LogP contribution in [0.15, 0.2) is 0 Å². The van der Waals surface area contributed by atoms with E-state index in [1.165, 1.54) is 0 Å². The fourth-order valence-corrected chi connectivity index (χ4v) is 7.46. The largest absolute Gasteiger partial charge is 0.458 e. The number of carbonyl (C=O) groups excluding carboxylic acids is 2. The van der Waals surface area contributed by atoms with E-state index >= 15 is 0 Å². The van der Waals surface area contributed by atoms with Crippen molar-refractivity contribution in [2.24, 2.45) is 28.9 Å². The molecule has 0 spiro atoms. The van der Waals surface area contributed by atoms with Gasteiger partial charge in [0.2, 0.25) is 5.91 Å². The van der Waals surface area contributed by atoms with Crippen molar-refractivity contribution in [2.75, 3.05) is 13.6 Å². The molecule has 3 N–H and O–H groups in total. The number of likely N-dealkylation sites (tertiary alicyclic amines) is 1. The van der Waals surface area contributed by atoms with E-state index in [0.29, 0.717) is 24.2 Å². The molecular formula is C21H30N4O3. The number of carbonyl (C=O) groups is 2. The van der Waals surface area contributed by atoms with Crippen molar-refractivity contribution < 1.29 is 14.3 Å². The second-order valence-corrected chi connectivity index (χ2v) is 10.2. The first-order valence-corrected chi connectivity index (χ1v) is 10.7. The van der Waals surface area contributed by atoms with Crippen LogP contribution >= 0.6 is 0 Å². The molecule has 5 aliphatic carbocycles. The van der Waals surface area contributed by atoms with E-state index < -0.39 is 11.6 Å². The molecule has 0 aromatic rings. The number of nitrogens with zero attached hydrogens (tertiary/aromatic N) is 2. The zero-order valence-corrected chi connectivity index (χ0v) is 16.5. The monoisotopic (exact) mass is 386 g/mol. The highest BCUT2D eigenvalue weighted by molar-refractivity contribution is 5.84. The molecule has 6 fully saturated rings. The Morgan fingerprint density at radius 2 is 1.96 bits per heavy atom. The standard InChI is InChI=1S/C21H30N4O3/c1-24-10-17(26)28-21-7-12-2-13(8-21)6-20(5-12,11-21)18(23)19(27)25-15(9-22)3-14-4-16(14)25/h12-16,18,24H,2-8,10-11,23H2,1H3/t12?,13?,14-,15+,16+,18-,20?,21?/m1/s1. The van der Waals surface area contributed by atoms with E-state index in [-0.39, 0.29) is 35.9 Å². The topological polar surface area (TPSA) is 108 Å². The van der Waals surface area contributed by atoms with E-state index in [4.69, 9.17) is 10.5 Å². The van der Waals surface area contributed by atoms with Crippen LogP contribution in [0.25, 0.3) is 0 Å². The average Bonchev–Trinajstić information content (AvgIpc) is 3.29. The number of fused-ring (bicyclic) bond motifs is 1. The summed E-state index contributed by atoms with van der Waals surface area (Å²) in [6.45, 7) is 0.204. The summed E-state index contributed by atoms with van der Waals surface area (Å²) >= 11 is 0. The Morgan fingerprint density at radius 1 is 1.25 bits per heavy atom. The van der Waals surface area contributed by atoms with Gasteiger partial charge in [0.25, 0.3) is 0 Å². The van der Waals surface area contributed by atoms with Gasteiger partial charge in [0.15, 0.2) is 0 Å². The van der Waals surface area contributed by atoms with Crippen LogP contribution in [-0.2, 0) is 14.3 Å². The second-order valence-electron chi connectivity index (χ2n) is 10.2. The number of likely N-dealkylation sites (N-methyl/N-ethyl adjacent to an activating group) is 1. The molecule has 1 aliphatic heterocycles. The molecule has 4 bridgehead atoms. The molecule has 0 aromatic heterocycles. The van der Waals surface area contributed by atoms with Crippen molar-refractivity contribution in [2.45, 2.75) is 75.1 Å². The molecular weight excluding hydrogens is 356 g/mol. The van der Waals surface area contributed by atoms with Crippen LogP contribution in [0.1, 0.15) is 51.4 Å². The number of piperidine rings is 1. The predicted molar refractivity (Wildman–Crippen MR) is 101 cm³/mol. The average molecular weight is 386 g/mol. The summed E-state index contributed by atoms with van der Waals surface area (Å²) in [5.41, 5.74) is 5.93. The second kappa shape index (κ2) is 6.17. The van der Waals surface area contributed by atoms with Gasteiger partial charge in [-0.3, -0.25) is 9.59 Å². The van der Waals surface area contributed by atoms with E-state index in [1.54, 1.807) is 11.9 Å². The van der Waals surface area contributed by atoms with E-state index in [0.717, 1.165) is 44.9 Å². The third-order valence-electron chi connectivity index (χ3n) is 8.14. The summed E-state index contributed by atoms with van der Waals surface area (Å²) in [7, 11) is 1.74. The normalized spacial score (nSPS) is 46.0. The Kier molecular flexibility index (Phi) is 4.05. The van der Waals surface area contributed by atoms with Crippen LogP contribution in [0.3, 0.4) is 0 Å². The summed E-state index contributed by atoms with van der Waals surface area (Å²) in [6, 6.07) is 1.61. The number of nitriles is 1. The lowest BCUT2D eigenvalue weighted by molar-refractivity contribution is -0.205. The van der Waals surface area contributed by atoms with Crippen LogP contribution < -0.4 is 11.1 Å². The molecule has 5 saturated carbocycles. The number of rotatable bonds is 5. The van der Waals surface area contributed by atoms with Crippen molar-refractivity contribution in [3.8, 4) is 6.07 Å². The zero-order valence-electron chi connectivity index (χ0n) is 16.5. The third-order valence-corrected chi connectivity index (χ3v) is 8.14. The number of hydrogen-bond acceptors (Lipinski definition) is 6. The molecule has 1 heterocycles. The SMILES string of the molecule is CNCC(=O)OC12CC3CC(C1)CC([C@H](N)C(=O)N1[C@H](C#N)C[C@@H]4C[C@@H]41)(C3)C2. The fraction of sp³-hybridized carbons (Fsp3) is 0.857. The number of nitrogens with two attached hydrogens (primary N) is 1. The van der Waals surface area contributed by atoms with Crippen LogP contribution in [0.4, 0.5) is 0 Å². The van der Waals surface area contributed by atoms with Crippen LogP contribution in [-0.4, -0.2) is 54.1 Å². The van der Waals surface area contributed by atoms with Crippen LogP contribution in [0.2, 0.25) is 0 Å². The number of esters is 1. The van der Waals surface area contributed by atoms with Crippen molar-refractivity contribution >= 4 is 11.9 Å². The number of nitrogens with one attached hydrogen (secondary N) is 1. The van der Waals surface area contributed by atoms with E-state index in [1.807, 2.05) is 0 Å². The first kappa shape index (κ1) is 18.4. The van der Waals surface area contributed by atoms with Gasteiger partial charge >= 0.3 is 5.97 Å². The highest BCUT2D eigenvalue weighted by Crippen LogP contribution is 2.64. The molecule has 0 aromatic carbocycles. The highest BCUT2D eigenvalue weighted by Gasteiger charge is 2.64. The van der Waals surface area contributed by atoms with Crippen molar-refractivity contribution in [1.82, 2.24) is 10.2 Å². The molecule has 1 saturated heterocycles. The lowest BCUT2D eigenvalue weighted by Crippen LogP contribution is -2.65. The van der Waals surface area contributed by atoms with E-state index in [9.17, 15) is 14.9 Å². The van der Waals surface area contributed by atoms with E-state index in [2.05, 4.69) is 11.4 Å². The van der Waals surface area contributed by atoms with Gasteiger partial charge in [0.05, 0.1) is 18.7 Å². The Morgan fingerprint density at radius 3 is 2.61 bits per heavy atom. The Bertz CT molecular complexity index is 732. The minimum Gasteiger partial charge on any atom is -0.458 e. The highest BCUT2D eigenvalue weighted by atomic mass is 16.6. The van der Waals surface area contributed by atoms with Crippen molar-refractivity contribution in [3.05, 3.63) is 0 Å². The smallest absolute Gasteiger partial charge is 0.320 e. The number of hydrogen-bond donors (Lipinski definition) is 2. The van der Waals surface area contributed by atoms with Gasteiger partial charge in [-0.05, 0) is 81.6 Å². The van der Waals surface area contributed by atoms with Gasteiger partial charge in [-0.1, -0.05) is 0 Å². The molecule has 7 nitrogen and oxygen atoms in total. The summed E-state index contributed by atoms with van der Waals surface area (Å²) in [5, 5.41) is 12.3. The van der Waals surface area contributed by atoms with Crippen molar-refractivity contribution in [3.63, 3.8) is 0 Å².